The minimum absolute atomic E-state index is 0.121. The molecular formula is C7H5NO6S. The Morgan fingerprint density at radius 1 is 1.40 bits per heavy atom. The number of carbonyl (C=O) groups excluding carboxylic acids is 1. The molecule has 0 unspecified atom stereocenters. The summed E-state index contributed by atoms with van der Waals surface area (Å²) in [5.74, 6) is 0. The summed E-state index contributed by atoms with van der Waals surface area (Å²) in [6.45, 7) is 0. The van der Waals surface area contributed by atoms with Gasteiger partial charge in [-0.25, -0.2) is 0 Å². The van der Waals surface area contributed by atoms with Crippen LogP contribution in [0.4, 0.5) is 5.69 Å². The van der Waals surface area contributed by atoms with Crippen LogP contribution in [-0.2, 0) is 10.1 Å². The van der Waals surface area contributed by atoms with E-state index in [9.17, 15) is 23.3 Å². The first kappa shape index (κ1) is 11.3. The smallest absolute Gasteiger partial charge is 0.298 e. The maximum atomic E-state index is 10.8. The lowest BCUT2D eigenvalue weighted by molar-refractivity contribution is -0.387. The fourth-order valence-electron chi connectivity index (χ4n) is 1.06. The number of carbonyl (C=O) groups is 1. The van der Waals surface area contributed by atoms with Crippen LogP contribution in [0.25, 0.3) is 0 Å². The van der Waals surface area contributed by atoms with Crippen LogP contribution >= 0.6 is 0 Å². The maximum Gasteiger partial charge on any atom is 0.302 e. The Labute approximate surface area is 84.2 Å². The van der Waals surface area contributed by atoms with E-state index in [1.807, 2.05) is 0 Å². The van der Waals surface area contributed by atoms with Gasteiger partial charge in [0.1, 0.15) is 0 Å². The van der Waals surface area contributed by atoms with Crippen molar-refractivity contribution < 1.29 is 22.7 Å². The third-order valence-electron chi connectivity index (χ3n) is 1.61. The van der Waals surface area contributed by atoms with E-state index >= 15 is 0 Å². The van der Waals surface area contributed by atoms with E-state index in [4.69, 9.17) is 4.55 Å². The molecule has 80 valence electrons. The van der Waals surface area contributed by atoms with E-state index in [1.165, 1.54) is 0 Å². The molecule has 15 heavy (non-hydrogen) atoms. The molecule has 0 aromatic heterocycles. The fourth-order valence-corrected chi connectivity index (χ4v) is 1.88. The molecule has 1 aromatic carbocycles. The topological polar surface area (TPSA) is 115 Å². The van der Waals surface area contributed by atoms with Crippen molar-refractivity contribution >= 4 is 22.1 Å². The average Bonchev–Trinajstić information content (AvgIpc) is 2.15. The van der Waals surface area contributed by atoms with E-state index in [1.54, 1.807) is 0 Å². The Bertz CT molecular complexity index is 520. The minimum Gasteiger partial charge on any atom is -0.298 e. The summed E-state index contributed by atoms with van der Waals surface area (Å²) in [5.41, 5.74) is -1.28. The largest absolute Gasteiger partial charge is 0.302 e. The molecule has 0 amide bonds. The van der Waals surface area contributed by atoms with Crippen LogP contribution in [0.2, 0.25) is 0 Å². The predicted molar refractivity (Wildman–Crippen MR) is 48.3 cm³/mol. The molecule has 0 radical (unpaired) electrons. The Morgan fingerprint density at radius 3 is 2.40 bits per heavy atom. The lowest BCUT2D eigenvalue weighted by Crippen LogP contribution is -2.06. The quantitative estimate of drug-likeness (QED) is 0.353. The van der Waals surface area contributed by atoms with E-state index in [-0.39, 0.29) is 6.29 Å². The summed E-state index contributed by atoms with van der Waals surface area (Å²) in [6.07, 6.45) is 0.121. The van der Waals surface area contributed by atoms with Crippen molar-refractivity contribution in [2.24, 2.45) is 0 Å². The van der Waals surface area contributed by atoms with Crippen LogP contribution in [-0.4, -0.2) is 24.2 Å². The van der Waals surface area contributed by atoms with Crippen molar-refractivity contribution in [1.29, 1.82) is 0 Å². The van der Waals surface area contributed by atoms with Crippen molar-refractivity contribution in [2.45, 2.75) is 4.90 Å². The van der Waals surface area contributed by atoms with Gasteiger partial charge in [-0.15, -0.1) is 0 Å². The highest BCUT2D eigenvalue weighted by atomic mass is 32.2. The number of aldehydes is 1. The van der Waals surface area contributed by atoms with Gasteiger partial charge in [0, 0.05) is 11.6 Å². The molecule has 0 atom stereocenters. The van der Waals surface area contributed by atoms with Crippen LogP contribution in [0.15, 0.2) is 23.1 Å². The first-order chi connectivity index (χ1) is 6.88. The molecule has 8 heteroatoms. The van der Waals surface area contributed by atoms with E-state index < -0.39 is 31.2 Å². The fraction of sp³-hybridized carbons (Fsp3) is 0. The molecule has 0 aliphatic carbocycles. The maximum absolute atomic E-state index is 10.8. The van der Waals surface area contributed by atoms with Gasteiger partial charge in [0.25, 0.3) is 5.69 Å². The lowest BCUT2D eigenvalue weighted by atomic mass is 10.2. The first-order valence-corrected chi connectivity index (χ1v) is 5.02. The summed E-state index contributed by atoms with van der Waals surface area (Å²) in [7, 11) is -4.79. The number of hydrogen-bond acceptors (Lipinski definition) is 5. The van der Waals surface area contributed by atoms with Crippen molar-refractivity contribution in [3.05, 3.63) is 33.9 Å². The molecule has 0 saturated heterocycles. The molecule has 0 spiro atoms. The summed E-state index contributed by atoms with van der Waals surface area (Å²) in [5, 5.41) is 10.5. The van der Waals surface area contributed by atoms with Gasteiger partial charge in [0.2, 0.25) is 0 Å². The number of nitrogens with zero attached hydrogens (tertiary/aromatic N) is 1. The second kappa shape index (κ2) is 3.75. The Morgan fingerprint density at radius 2 is 2.00 bits per heavy atom. The molecule has 0 fully saturated rings. The highest BCUT2D eigenvalue weighted by Crippen LogP contribution is 2.25. The standard InChI is InChI=1S/C7H5NO6S/c9-4-5-2-1-3-6(8(10)11)7(5)15(12,13)14/h1-4H,(H,12,13,14). The molecule has 0 bridgehead atoms. The Hall–Kier alpha value is -1.80. The SMILES string of the molecule is O=Cc1cccc([N+](=O)[O-])c1S(=O)(=O)O. The van der Waals surface area contributed by atoms with E-state index in [0.717, 1.165) is 18.2 Å². The average molecular weight is 231 g/mol. The van der Waals surface area contributed by atoms with Crippen LogP contribution in [0.3, 0.4) is 0 Å². The van der Waals surface area contributed by atoms with Gasteiger partial charge in [0.05, 0.1) is 4.92 Å². The number of hydrogen-bond donors (Lipinski definition) is 1. The van der Waals surface area contributed by atoms with Crippen molar-refractivity contribution in [3.8, 4) is 0 Å². The zero-order valence-corrected chi connectivity index (χ0v) is 7.97. The van der Waals surface area contributed by atoms with E-state index in [2.05, 4.69) is 0 Å². The molecule has 7 nitrogen and oxygen atoms in total. The van der Waals surface area contributed by atoms with Gasteiger partial charge in [-0.2, -0.15) is 8.42 Å². The third-order valence-corrected chi connectivity index (χ3v) is 2.57. The van der Waals surface area contributed by atoms with Gasteiger partial charge < -0.3 is 0 Å². The van der Waals surface area contributed by atoms with Crippen LogP contribution < -0.4 is 0 Å². The van der Waals surface area contributed by atoms with Gasteiger partial charge in [-0.3, -0.25) is 19.5 Å². The second-order valence-electron chi connectivity index (χ2n) is 2.55. The number of nitro groups is 1. The second-order valence-corrected chi connectivity index (χ2v) is 3.90. The van der Waals surface area contributed by atoms with Crippen molar-refractivity contribution in [1.82, 2.24) is 0 Å². The normalized spacial score (nSPS) is 11.0. The van der Waals surface area contributed by atoms with E-state index in [0.29, 0.717) is 0 Å². The van der Waals surface area contributed by atoms with Gasteiger partial charge in [-0.05, 0) is 6.07 Å². The van der Waals surface area contributed by atoms with Crippen LogP contribution in [0.1, 0.15) is 10.4 Å². The predicted octanol–water partition coefficient (Wildman–Crippen LogP) is 0.654. The van der Waals surface area contributed by atoms with Crippen molar-refractivity contribution in [2.75, 3.05) is 0 Å². The third kappa shape index (κ3) is 2.17. The van der Waals surface area contributed by atoms with Crippen molar-refractivity contribution in [3.63, 3.8) is 0 Å². The first-order valence-electron chi connectivity index (χ1n) is 3.58. The molecule has 1 rings (SSSR count). The van der Waals surface area contributed by atoms with Gasteiger partial charge in [0.15, 0.2) is 11.2 Å². The highest BCUT2D eigenvalue weighted by molar-refractivity contribution is 7.86. The van der Waals surface area contributed by atoms with Crippen LogP contribution in [0.5, 0.6) is 0 Å². The molecule has 0 heterocycles. The monoisotopic (exact) mass is 231 g/mol. The number of rotatable bonds is 3. The summed E-state index contributed by atoms with van der Waals surface area (Å²) in [4.78, 5) is 18.9. The molecule has 0 aliphatic heterocycles. The number of benzene rings is 1. The van der Waals surface area contributed by atoms with Gasteiger partial charge in [-0.1, -0.05) is 6.07 Å². The summed E-state index contributed by atoms with van der Waals surface area (Å²) < 4.78 is 30.4. The Kier molecular flexibility index (Phi) is 2.82. The highest BCUT2D eigenvalue weighted by Gasteiger charge is 2.27. The van der Waals surface area contributed by atoms with Crippen LogP contribution in [0, 0.1) is 10.1 Å². The molecule has 1 aromatic rings. The number of nitro benzene ring substituents is 1. The molecule has 0 aliphatic rings. The molecule has 1 N–H and O–H groups in total. The molecule has 0 saturated carbocycles. The Balaban J connectivity index is 3.70. The zero-order chi connectivity index (χ0) is 11.6. The summed E-state index contributed by atoms with van der Waals surface area (Å²) >= 11 is 0. The lowest BCUT2D eigenvalue weighted by Gasteiger charge is -2.01. The summed E-state index contributed by atoms with van der Waals surface area (Å²) in [6, 6.07) is 3.09. The van der Waals surface area contributed by atoms with Gasteiger partial charge >= 0.3 is 10.1 Å². The minimum atomic E-state index is -4.79. The zero-order valence-electron chi connectivity index (χ0n) is 7.15. The molecular weight excluding hydrogens is 226 g/mol.